The van der Waals surface area contributed by atoms with Crippen molar-refractivity contribution >= 4 is 35.5 Å². The quantitative estimate of drug-likeness (QED) is 0.402. The Morgan fingerprint density at radius 2 is 1.82 bits per heavy atom. The molecule has 0 aliphatic heterocycles. The standard InChI is InChI=1S/C14H9N5O9/c20-13-10(6-8(17(22)23)7-11(13)18(24)25)14(21)16-15-5-1-2-9-3-4-12(28-9)19(26)27/h1-7,20H,(H,16,21). The van der Waals surface area contributed by atoms with Crippen LogP contribution < -0.4 is 5.43 Å². The molecule has 14 heteroatoms. The van der Waals surface area contributed by atoms with Crippen LogP contribution in [0.15, 0.2) is 39.9 Å². The number of non-ortho nitro benzene ring substituents is 1. The fourth-order valence-corrected chi connectivity index (χ4v) is 1.89. The third-order valence-electron chi connectivity index (χ3n) is 3.11. The number of allylic oxidation sites excluding steroid dienone is 1. The largest absolute Gasteiger partial charge is 0.502 e. The van der Waals surface area contributed by atoms with Crippen molar-refractivity contribution in [2.24, 2.45) is 5.10 Å². The predicted octanol–water partition coefficient (Wildman–Crippen LogP) is 2.14. The molecule has 2 rings (SSSR count). The van der Waals surface area contributed by atoms with Gasteiger partial charge in [0.05, 0.1) is 27.5 Å². The number of nitrogens with zero attached hydrogens (tertiary/aromatic N) is 4. The van der Waals surface area contributed by atoms with Crippen LogP contribution in [-0.2, 0) is 0 Å². The molecular weight excluding hydrogens is 382 g/mol. The lowest BCUT2D eigenvalue weighted by molar-refractivity contribution is -0.402. The number of carbonyl (C=O) groups excluding carboxylic acids is 1. The molecular formula is C14H9N5O9. The highest BCUT2D eigenvalue weighted by Gasteiger charge is 2.27. The van der Waals surface area contributed by atoms with E-state index in [1.807, 2.05) is 5.43 Å². The molecule has 1 aromatic heterocycles. The zero-order valence-corrected chi connectivity index (χ0v) is 13.5. The van der Waals surface area contributed by atoms with E-state index >= 15 is 0 Å². The zero-order valence-electron chi connectivity index (χ0n) is 13.5. The summed E-state index contributed by atoms with van der Waals surface area (Å²) in [5, 5.41) is 45.4. The molecule has 2 N–H and O–H groups in total. The van der Waals surface area contributed by atoms with Crippen molar-refractivity contribution in [1.29, 1.82) is 0 Å². The fraction of sp³-hybridized carbons (Fsp3) is 0. The molecule has 0 aliphatic rings. The topological polar surface area (TPSA) is 204 Å². The van der Waals surface area contributed by atoms with E-state index in [1.165, 1.54) is 18.2 Å². The molecule has 0 fully saturated rings. The first kappa shape index (κ1) is 19.7. The van der Waals surface area contributed by atoms with E-state index in [4.69, 9.17) is 4.42 Å². The van der Waals surface area contributed by atoms with Crippen LogP contribution in [0.4, 0.5) is 17.3 Å². The zero-order chi connectivity index (χ0) is 20.8. The van der Waals surface area contributed by atoms with Crippen LogP contribution in [0.2, 0.25) is 0 Å². The summed E-state index contributed by atoms with van der Waals surface area (Å²) in [6.45, 7) is 0. The van der Waals surface area contributed by atoms with Gasteiger partial charge in [-0.2, -0.15) is 5.10 Å². The van der Waals surface area contributed by atoms with Crippen molar-refractivity contribution in [1.82, 2.24) is 5.43 Å². The van der Waals surface area contributed by atoms with Gasteiger partial charge in [0.25, 0.3) is 11.6 Å². The van der Waals surface area contributed by atoms with E-state index in [-0.39, 0.29) is 5.76 Å². The van der Waals surface area contributed by atoms with Gasteiger partial charge in [-0.15, -0.1) is 0 Å². The van der Waals surface area contributed by atoms with Crippen molar-refractivity contribution in [2.75, 3.05) is 0 Å². The molecule has 2 aromatic rings. The van der Waals surface area contributed by atoms with Crippen LogP contribution in [0.3, 0.4) is 0 Å². The van der Waals surface area contributed by atoms with Gasteiger partial charge in [0, 0.05) is 12.3 Å². The number of benzene rings is 1. The van der Waals surface area contributed by atoms with Crippen molar-refractivity contribution in [3.63, 3.8) is 0 Å². The van der Waals surface area contributed by atoms with Gasteiger partial charge < -0.3 is 9.52 Å². The number of nitrogens with one attached hydrogen (secondary N) is 1. The van der Waals surface area contributed by atoms with E-state index in [2.05, 4.69) is 5.10 Å². The monoisotopic (exact) mass is 391 g/mol. The molecule has 1 amide bonds. The number of amides is 1. The first-order valence-corrected chi connectivity index (χ1v) is 7.10. The number of furan rings is 1. The maximum atomic E-state index is 12.0. The van der Waals surface area contributed by atoms with Crippen molar-refractivity contribution < 1.29 is 29.1 Å². The number of rotatable bonds is 7. The lowest BCUT2D eigenvalue weighted by atomic mass is 10.1. The number of nitro benzene ring substituents is 2. The van der Waals surface area contributed by atoms with Gasteiger partial charge in [0.2, 0.25) is 5.75 Å². The number of hydrogen-bond acceptors (Lipinski definition) is 10. The molecule has 0 unspecified atom stereocenters. The number of phenols is 1. The van der Waals surface area contributed by atoms with Crippen LogP contribution in [-0.4, -0.2) is 32.0 Å². The number of aromatic hydroxyl groups is 1. The van der Waals surface area contributed by atoms with Crippen molar-refractivity contribution in [3.8, 4) is 5.75 Å². The summed E-state index contributed by atoms with van der Waals surface area (Å²) in [5.41, 5.74) is -0.579. The Morgan fingerprint density at radius 3 is 2.39 bits per heavy atom. The van der Waals surface area contributed by atoms with E-state index < -0.39 is 49.2 Å². The number of nitro groups is 3. The molecule has 0 radical (unpaired) electrons. The maximum absolute atomic E-state index is 12.0. The van der Waals surface area contributed by atoms with Crippen molar-refractivity contribution in [3.05, 3.63) is 72.0 Å². The van der Waals surface area contributed by atoms with Crippen LogP contribution in [0, 0.1) is 30.3 Å². The number of phenolic OH excluding ortho intramolecular Hbond substituents is 1. The van der Waals surface area contributed by atoms with E-state index in [0.29, 0.717) is 12.1 Å². The Labute approximate surface area is 153 Å². The maximum Gasteiger partial charge on any atom is 0.433 e. The number of hydrogen-bond donors (Lipinski definition) is 2. The summed E-state index contributed by atoms with van der Waals surface area (Å²) >= 11 is 0. The molecule has 0 aliphatic carbocycles. The Morgan fingerprint density at radius 1 is 1.11 bits per heavy atom. The number of carbonyl (C=O) groups is 1. The average Bonchev–Trinajstić information content (AvgIpc) is 3.10. The lowest BCUT2D eigenvalue weighted by Crippen LogP contribution is -2.18. The third kappa shape index (κ3) is 4.51. The van der Waals surface area contributed by atoms with Crippen LogP contribution in [0.25, 0.3) is 6.08 Å². The fourth-order valence-electron chi connectivity index (χ4n) is 1.89. The third-order valence-corrected chi connectivity index (χ3v) is 3.11. The first-order valence-electron chi connectivity index (χ1n) is 7.10. The second-order valence-electron chi connectivity index (χ2n) is 4.89. The Bertz CT molecular complexity index is 1020. The molecule has 1 heterocycles. The van der Waals surface area contributed by atoms with Gasteiger partial charge >= 0.3 is 11.6 Å². The van der Waals surface area contributed by atoms with E-state index in [0.717, 1.165) is 12.3 Å². The second-order valence-corrected chi connectivity index (χ2v) is 4.89. The molecule has 0 atom stereocenters. The SMILES string of the molecule is O=C(NN=CC=Cc1ccc([N+](=O)[O-])o1)c1cc([N+](=O)[O-])cc([N+](=O)[O-])c1O. The molecule has 1 aromatic carbocycles. The summed E-state index contributed by atoms with van der Waals surface area (Å²) in [6, 6.07) is 3.63. The summed E-state index contributed by atoms with van der Waals surface area (Å²) in [5.74, 6) is -2.52. The number of hydrazone groups is 1. The average molecular weight is 391 g/mol. The van der Waals surface area contributed by atoms with Gasteiger partial charge in [-0.1, -0.05) is 0 Å². The summed E-state index contributed by atoms with van der Waals surface area (Å²) < 4.78 is 4.83. The van der Waals surface area contributed by atoms with Crippen molar-refractivity contribution in [2.45, 2.75) is 0 Å². The summed E-state index contributed by atoms with van der Waals surface area (Å²) in [4.78, 5) is 41.4. The van der Waals surface area contributed by atoms with Gasteiger partial charge in [-0.25, -0.2) is 5.43 Å². The van der Waals surface area contributed by atoms with Gasteiger partial charge in [-0.3, -0.25) is 35.1 Å². The minimum atomic E-state index is -1.14. The summed E-state index contributed by atoms with van der Waals surface area (Å²) in [7, 11) is 0. The lowest BCUT2D eigenvalue weighted by Gasteiger charge is -2.03. The molecule has 144 valence electrons. The molecule has 0 saturated heterocycles. The predicted molar refractivity (Wildman–Crippen MR) is 91.8 cm³/mol. The summed E-state index contributed by atoms with van der Waals surface area (Å²) in [6.07, 6.45) is 3.58. The van der Waals surface area contributed by atoms with E-state index in [1.54, 1.807) is 0 Å². The highest BCUT2D eigenvalue weighted by Crippen LogP contribution is 2.34. The minimum absolute atomic E-state index is 0.136. The molecule has 0 bridgehead atoms. The van der Waals surface area contributed by atoms with Gasteiger partial charge in [0.15, 0.2) is 0 Å². The Kier molecular flexibility index (Phi) is 5.75. The molecule has 0 spiro atoms. The van der Waals surface area contributed by atoms with Crippen LogP contribution in [0.1, 0.15) is 16.1 Å². The van der Waals surface area contributed by atoms with Crippen LogP contribution >= 0.6 is 0 Å². The highest BCUT2D eigenvalue weighted by molar-refractivity contribution is 5.99. The molecule has 0 saturated carbocycles. The Balaban J connectivity index is 2.12. The minimum Gasteiger partial charge on any atom is -0.502 e. The molecule has 14 nitrogen and oxygen atoms in total. The highest BCUT2D eigenvalue weighted by atomic mass is 16.7. The molecule has 28 heavy (non-hydrogen) atoms. The second kappa shape index (κ2) is 8.17. The normalized spacial score (nSPS) is 11.0. The van der Waals surface area contributed by atoms with Gasteiger partial charge in [-0.05, 0) is 18.2 Å². The smallest absolute Gasteiger partial charge is 0.433 e. The first-order chi connectivity index (χ1) is 13.2. The van der Waals surface area contributed by atoms with Crippen LogP contribution in [0.5, 0.6) is 5.75 Å². The Hall–Kier alpha value is -4.62. The van der Waals surface area contributed by atoms with Gasteiger partial charge in [0.1, 0.15) is 10.7 Å². The van der Waals surface area contributed by atoms with E-state index in [9.17, 15) is 40.2 Å².